The molecule has 0 aliphatic rings. The van der Waals surface area contributed by atoms with E-state index in [1.807, 2.05) is 37.3 Å². The smallest absolute Gasteiger partial charge is 0.346 e. The molecule has 0 aliphatic carbocycles. The van der Waals surface area contributed by atoms with Gasteiger partial charge in [-0.15, -0.1) is 0 Å². The zero-order valence-electron chi connectivity index (χ0n) is 15.2. The van der Waals surface area contributed by atoms with Crippen LogP contribution in [0.3, 0.4) is 0 Å². The Kier molecular flexibility index (Phi) is 7.02. The topological polar surface area (TPSA) is 73.9 Å². The van der Waals surface area contributed by atoms with Crippen molar-refractivity contribution in [3.05, 3.63) is 59.7 Å². The van der Waals surface area contributed by atoms with Crippen LogP contribution in [0.2, 0.25) is 0 Å². The van der Waals surface area contributed by atoms with E-state index in [0.717, 1.165) is 5.56 Å². The van der Waals surface area contributed by atoms with E-state index >= 15 is 0 Å². The summed E-state index contributed by atoms with van der Waals surface area (Å²) in [7, 11) is 2.90. The molecule has 1 atom stereocenters. The molecule has 0 aliphatic heterocycles. The van der Waals surface area contributed by atoms with Crippen LogP contribution in [0.1, 0.15) is 28.8 Å². The number of esters is 1. The number of hydrogen-bond acceptors (Lipinski definition) is 5. The molecule has 0 unspecified atom stereocenters. The molecule has 26 heavy (non-hydrogen) atoms. The van der Waals surface area contributed by atoms with Crippen molar-refractivity contribution in [3.8, 4) is 11.5 Å². The number of methoxy groups -OCH3 is 2. The summed E-state index contributed by atoms with van der Waals surface area (Å²) in [4.78, 5) is 24.3. The molecule has 0 spiro atoms. The fraction of sp³-hybridized carbons (Fsp3) is 0.300. The zero-order valence-corrected chi connectivity index (χ0v) is 15.2. The van der Waals surface area contributed by atoms with Crippen molar-refractivity contribution < 1.29 is 23.8 Å². The van der Waals surface area contributed by atoms with E-state index in [2.05, 4.69) is 5.32 Å². The summed E-state index contributed by atoms with van der Waals surface area (Å²) < 4.78 is 15.4. The van der Waals surface area contributed by atoms with Gasteiger partial charge in [0.2, 0.25) is 0 Å². The lowest BCUT2D eigenvalue weighted by Gasteiger charge is -2.14. The first kappa shape index (κ1) is 19.3. The molecule has 2 aromatic rings. The Morgan fingerprint density at radius 1 is 0.962 bits per heavy atom. The molecule has 0 aromatic heterocycles. The van der Waals surface area contributed by atoms with Crippen LogP contribution in [0.15, 0.2) is 48.5 Å². The first-order valence-electron chi connectivity index (χ1n) is 8.26. The second kappa shape index (κ2) is 9.46. The SMILES string of the molecule is COc1cccc(OC)c1C(=O)OCC(=O)NC[C@H](C)c1ccccc1. The fourth-order valence-corrected chi connectivity index (χ4v) is 2.47. The largest absolute Gasteiger partial charge is 0.496 e. The lowest BCUT2D eigenvalue weighted by atomic mass is 10.0. The molecule has 0 radical (unpaired) electrons. The number of carbonyl (C=O) groups is 2. The monoisotopic (exact) mass is 357 g/mol. The molecule has 1 N–H and O–H groups in total. The Bertz CT molecular complexity index is 723. The summed E-state index contributed by atoms with van der Waals surface area (Å²) in [5, 5.41) is 2.77. The average molecular weight is 357 g/mol. The standard InChI is InChI=1S/C20H23NO5/c1-14(15-8-5-4-6-9-15)12-21-18(22)13-26-20(23)19-16(24-2)10-7-11-17(19)25-3/h4-11,14H,12-13H2,1-3H3,(H,21,22)/t14-/m0/s1. The van der Waals surface area contributed by atoms with E-state index in [1.54, 1.807) is 18.2 Å². The Labute approximate surface area is 153 Å². The van der Waals surface area contributed by atoms with Crippen LogP contribution < -0.4 is 14.8 Å². The molecule has 0 saturated carbocycles. The van der Waals surface area contributed by atoms with Gasteiger partial charge >= 0.3 is 5.97 Å². The molecule has 1 amide bonds. The lowest BCUT2D eigenvalue weighted by molar-refractivity contribution is -0.124. The minimum atomic E-state index is -0.675. The molecule has 0 saturated heterocycles. The third kappa shape index (κ3) is 4.99. The molecular formula is C20H23NO5. The van der Waals surface area contributed by atoms with Crippen molar-refractivity contribution in [3.63, 3.8) is 0 Å². The molecule has 6 heteroatoms. The van der Waals surface area contributed by atoms with Gasteiger partial charge in [0.25, 0.3) is 5.91 Å². The van der Waals surface area contributed by atoms with Crippen LogP contribution in [0.25, 0.3) is 0 Å². The van der Waals surface area contributed by atoms with Gasteiger partial charge in [-0.3, -0.25) is 4.79 Å². The van der Waals surface area contributed by atoms with Crippen LogP contribution in [-0.2, 0) is 9.53 Å². The zero-order chi connectivity index (χ0) is 18.9. The number of carbonyl (C=O) groups excluding carboxylic acids is 2. The molecular weight excluding hydrogens is 334 g/mol. The average Bonchev–Trinajstić information content (AvgIpc) is 2.69. The van der Waals surface area contributed by atoms with Crippen molar-refractivity contribution in [1.82, 2.24) is 5.32 Å². The van der Waals surface area contributed by atoms with Crippen molar-refractivity contribution in [2.45, 2.75) is 12.8 Å². The summed E-state index contributed by atoms with van der Waals surface area (Å²) in [6.45, 7) is 2.10. The fourth-order valence-electron chi connectivity index (χ4n) is 2.47. The van der Waals surface area contributed by atoms with E-state index in [4.69, 9.17) is 14.2 Å². The van der Waals surface area contributed by atoms with Crippen molar-refractivity contribution in [2.24, 2.45) is 0 Å². The number of nitrogens with one attached hydrogen (secondary N) is 1. The quantitative estimate of drug-likeness (QED) is 0.736. The second-order valence-corrected chi connectivity index (χ2v) is 5.73. The number of hydrogen-bond donors (Lipinski definition) is 1. The molecule has 0 bridgehead atoms. The Hall–Kier alpha value is -3.02. The second-order valence-electron chi connectivity index (χ2n) is 5.73. The van der Waals surface area contributed by atoms with Crippen LogP contribution >= 0.6 is 0 Å². The van der Waals surface area contributed by atoms with Gasteiger partial charge in [-0.2, -0.15) is 0 Å². The minimum absolute atomic E-state index is 0.156. The van der Waals surface area contributed by atoms with E-state index < -0.39 is 5.97 Å². The Balaban J connectivity index is 1.88. The summed E-state index contributed by atoms with van der Waals surface area (Å²) >= 11 is 0. The normalized spacial score (nSPS) is 11.3. The molecule has 2 rings (SSSR count). The van der Waals surface area contributed by atoms with Gasteiger partial charge in [0.05, 0.1) is 14.2 Å². The first-order chi connectivity index (χ1) is 12.6. The van der Waals surface area contributed by atoms with Crippen LogP contribution in [-0.4, -0.2) is 39.2 Å². The van der Waals surface area contributed by atoms with Crippen LogP contribution in [0.4, 0.5) is 0 Å². The predicted molar refractivity (Wildman–Crippen MR) is 97.7 cm³/mol. The number of ether oxygens (including phenoxy) is 3. The number of amides is 1. The number of benzene rings is 2. The summed E-state index contributed by atoms with van der Waals surface area (Å²) in [6, 6.07) is 14.8. The Morgan fingerprint density at radius 3 is 2.15 bits per heavy atom. The summed E-state index contributed by atoms with van der Waals surface area (Å²) in [5.74, 6) is -0.231. The van der Waals surface area contributed by atoms with Gasteiger partial charge in [-0.25, -0.2) is 4.79 Å². The van der Waals surface area contributed by atoms with Gasteiger partial charge in [-0.05, 0) is 23.6 Å². The highest BCUT2D eigenvalue weighted by molar-refractivity contribution is 5.96. The van der Waals surface area contributed by atoms with Crippen LogP contribution in [0, 0.1) is 0 Å². The highest BCUT2D eigenvalue weighted by Crippen LogP contribution is 2.28. The van der Waals surface area contributed by atoms with E-state index in [0.29, 0.717) is 18.0 Å². The van der Waals surface area contributed by atoms with Gasteiger partial charge < -0.3 is 19.5 Å². The van der Waals surface area contributed by atoms with Crippen LogP contribution in [0.5, 0.6) is 11.5 Å². The van der Waals surface area contributed by atoms with Gasteiger partial charge in [-0.1, -0.05) is 43.3 Å². The summed E-state index contributed by atoms with van der Waals surface area (Å²) in [5.41, 5.74) is 1.28. The predicted octanol–water partition coefficient (Wildman–Crippen LogP) is 2.78. The third-order valence-electron chi connectivity index (χ3n) is 3.94. The van der Waals surface area contributed by atoms with E-state index in [1.165, 1.54) is 14.2 Å². The maximum Gasteiger partial charge on any atom is 0.346 e. The van der Waals surface area contributed by atoms with E-state index in [-0.39, 0.29) is 24.0 Å². The molecule has 2 aromatic carbocycles. The van der Waals surface area contributed by atoms with Gasteiger partial charge in [0.1, 0.15) is 17.1 Å². The molecule has 138 valence electrons. The minimum Gasteiger partial charge on any atom is -0.496 e. The maximum absolute atomic E-state index is 12.3. The summed E-state index contributed by atoms with van der Waals surface area (Å²) in [6.07, 6.45) is 0. The molecule has 0 fully saturated rings. The molecule has 0 heterocycles. The van der Waals surface area contributed by atoms with Gasteiger partial charge in [0, 0.05) is 6.54 Å². The van der Waals surface area contributed by atoms with E-state index in [9.17, 15) is 9.59 Å². The highest BCUT2D eigenvalue weighted by atomic mass is 16.5. The Morgan fingerprint density at radius 2 is 1.58 bits per heavy atom. The van der Waals surface area contributed by atoms with Crippen molar-refractivity contribution >= 4 is 11.9 Å². The first-order valence-corrected chi connectivity index (χ1v) is 8.26. The number of rotatable bonds is 8. The highest BCUT2D eigenvalue weighted by Gasteiger charge is 2.20. The van der Waals surface area contributed by atoms with Crippen molar-refractivity contribution in [1.29, 1.82) is 0 Å². The van der Waals surface area contributed by atoms with Crippen molar-refractivity contribution in [2.75, 3.05) is 27.4 Å². The third-order valence-corrected chi connectivity index (χ3v) is 3.94. The lowest BCUT2D eigenvalue weighted by Crippen LogP contribution is -2.31. The molecule has 6 nitrogen and oxygen atoms in total. The maximum atomic E-state index is 12.3. The van der Waals surface area contributed by atoms with Gasteiger partial charge in [0.15, 0.2) is 6.61 Å².